The number of hydrogen-bond acceptors (Lipinski definition) is 4. The summed E-state index contributed by atoms with van der Waals surface area (Å²) in [6.45, 7) is 4.45. The number of halogens is 4. The summed E-state index contributed by atoms with van der Waals surface area (Å²) in [7, 11) is 1.63. The zero-order valence-corrected chi connectivity index (χ0v) is 24.8. The van der Waals surface area contributed by atoms with E-state index in [1.807, 2.05) is 53.4 Å². The number of urea groups is 1. The maximum atomic E-state index is 13.2. The van der Waals surface area contributed by atoms with Gasteiger partial charge in [-0.15, -0.1) is 0 Å². The summed E-state index contributed by atoms with van der Waals surface area (Å²) in [5, 5.41) is 10.8. The number of hydrogen-bond donors (Lipinski definition) is 2. The highest BCUT2D eigenvalue weighted by molar-refractivity contribution is 6.30. The molecule has 1 aliphatic heterocycles. The number of anilines is 1. The Bertz CT molecular complexity index is 1290. The Labute approximate surface area is 255 Å². The second-order valence-electron chi connectivity index (χ2n) is 10.3. The monoisotopic (exact) mass is 619 g/mol. The van der Waals surface area contributed by atoms with E-state index < -0.39 is 12.1 Å². The molecule has 0 aliphatic carbocycles. The first-order valence-corrected chi connectivity index (χ1v) is 14.4. The summed E-state index contributed by atoms with van der Waals surface area (Å²) in [4.78, 5) is 26.5. The Morgan fingerprint density at radius 3 is 2.21 bits per heavy atom. The minimum atomic E-state index is -5.08. The molecule has 3 aromatic rings. The lowest BCUT2D eigenvalue weighted by Gasteiger charge is -2.32. The molecule has 3 aromatic carbocycles. The Hall–Kier alpha value is -3.76. The molecule has 1 fully saturated rings. The molecule has 4 rings (SSSR count). The molecule has 0 aromatic heterocycles. The van der Waals surface area contributed by atoms with Crippen molar-refractivity contribution in [1.82, 2.24) is 9.80 Å². The zero-order chi connectivity index (χ0) is 31.2. The molecule has 0 spiro atoms. The standard InChI is InChI=1S/C30H36ClN3O2.C2HF3O2/c1-36-29-13-11-28(12-14-29)32-30(35)34(23-26-9-5-10-27(31)22-26)18-6-17-33-19-15-25(16-20-33)21-24-7-3-2-4-8-24;3-2(4,5)1(6)7/h2-5,7-14,22,25H,6,15-21,23H2,1H3,(H,32,35);(H,6,7). The third-order valence-corrected chi connectivity index (χ3v) is 7.35. The van der Waals surface area contributed by atoms with E-state index in [0.717, 1.165) is 49.0 Å². The first-order chi connectivity index (χ1) is 20.5. The van der Waals surface area contributed by atoms with Crippen LogP contribution in [-0.2, 0) is 17.8 Å². The van der Waals surface area contributed by atoms with Crippen molar-refractivity contribution in [1.29, 1.82) is 0 Å². The lowest BCUT2D eigenvalue weighted by Crippen LogP contribution is -2.39. The summed E-state index contributed by atoms with van der Waals surface area (Å²) >= 11 is 6.20. The van der Waals surface area contributed by atoms with Crippen LogP contribution in [0.4, 0.5) is 23.7 Å². The van der Waals surface area contributed by atoms with Gasteiger partial charge >= 0.3 is 18.2 Å². The number of nitrogens with zero attached hydrogens (tertiary/aromatic N) is 2. The fourth-order valence-corrected chi connectivity index (χ4v) is 5.04. The van der Waals surface area contributed by atoms with Crippen molar-refractivity contribution >= 4 is 29.3 Å². The third-order valence-electron chi connectivity index (χ3n) is 7.11. The van der Waals surface area contributed by atoms with Crippen LogP contribution in [0.3, 0.4) is 0 Å². The molecular weight excluding hydrogens is 583 g/mol. The smallest absolute Gasteiger partial charge is 0.490 e. The zero-order valence-electron chi connectivity index (χ0n) is 24.0. The fraction of sp³-hybridized carbons (Fsp3) is 0.375. The molecular formula is C32H37ClF3N3O4. The van der Waals surface area contributed by atoms with E-state index in [9.17, 15) is 18.0 Å². The highest BCUT2D eigenvalue weighted by atomic mass is 35.5. The van der Waals surface area contributed by atoms with Crippen LogP contribution >= 0.6 is 11.6 Å². The maximum Gasteiger partial charge on any atom is 0.490 e. The molecule has 2 N–H and O–H groups in total. The van der Waals surface area contributed by atoms with Crippen LogP contribution < -0.4 is 10.1 Å². The molecule has 1 saturated heterocycles. The third kappa shape index (κ3) is 12.2. The van der Waals surface area contributed by atoms with Gasteiger partial charge in [0.15, 0.2) is 0 Å². The van der Waals surface area contributed by atoms with Crippen LogP contribution in [0.2, 0.25) is 5.02 Å². The van der Waals surface area contributed by atoms with Gasteiger partial charge in [0.1, 0.15) is 5.75 Å². The lowest BCUT2D eigenvalue weighted by molar-refractivity contribution is -0.192. The minimum absolute atomic E-state index is 0.110. The second kappa shape index (κ2) is 16.8. The first-order valence-electron chi connectivity index (χ1n) is 14.0. The number of carboxylic acids is 1. The quantitative estimate of drug-likeness (QED) is 0.248. The number of nitrogens with one attached hydrogen (secondary N) is 1. The van der Waals surface area contributed by atoms with E-state index in [2.05, 4.69) is 40.5 Å². The summed E-state index contributed by atoms with van der Waals surface area (Å²) in [5.74, 6) is -1.23. The van der Waals surface area contributed by atoms with Gasteiger partial charge in [0, 0.05) is 23.8 Å². The minimum Gasteiger partial charge on any atom is -0.497 e. The molecule has 2 amide bonds. The lowest BCUT2D eigenvalue weighted by atomic mass is 9.90. The number of carbonyl (C=O) groups is 2. The van der Waals surface area contributed by atoms with E-state index in [1.54, 1.807) is 7.11 Å². The number of benzene rings is 3. The average Bonchev–Trinajstić information content (AvgIpc) is 2.98. The fourth-order valence-electron chi connectivity index (χ4n) is 4.83. The van der Waals surface area contributed by atoms with E-state index in [1.165, 1.54) is 24.8 Å². The van der Waals surface area contributed by atoms with Gasteiger partial charge in [-0.05, 0) is 98.8 Å². The van der Waals surface area contributed by atoms with Crippen molar-refractivity contribution in [3.63, 3.8) is 0 Å². The maximum absolute atomic E-state index is 13.2. The molecule has 0 saturated carbocycles. The van der Waals surface area contributed by atoms with E-state index >= 15 is 0 Å². The van der Waals surface area contributed by atoms with Gasteiger partial charge in [-0.25, -0.2) is 9.59 Å². The van der Waals surface area contributed by atoms with Gasteiger partial charge in [0.25, 0.3) is 0 Å². The summed E-state index contributed by atoms with van der Waals surface area (Å²) < 4.78 is 37.0. The first kappa shape index (κ1) is 33.7. The number of carbonyl (C=O) groups excluding carboxylic acids is 1. The van der Waals surface area contributed by atoms with Crippen molar-refractivity contribution in [2.45, 2.75) is 38.4 Å². The number of likely N-dealkylation sites (tertiary alicyclic amines) is 1. The molecule has 43 heavy (non-hydrogen) atoms. The highest BCUT2D eigenvalue weighted by Gasteiger charge is 2.38. The number of alkyl halides is 3. The Morgan fingerprint density at radius 2 is 1.63 bits per heavy atom. The van der Waals surface area contributed by atoms with Crippen LogP contribution in [-0.4, -0.2) is 66.4 Å². The number of carboxylic acid groups (broad SMARTS) is 1. The molecule has 7 nitrogen and oxygen atoms in total. The summed E-state index contributed by atoms with van der Waals surface area (Å²) in [6, 6.07) is 25.8. The molecule has 0 bridgehead atoms. The number of ether oxygens (including phenoxy) is 1. The van der Waals surface area contributed by atoms with Crippen molar-refractivity contribution in [3.05, 3.63) is 95.0 Å². The second-order valence-corrected chi connectivity index (χ2v) is 10.8. The van der Waals surface area contributed by atoms with Crippen molar-refractivity contribution in [2.75, 3.05) is 38.6 Å². The predicted octanol–water partition coefficient (Wildman–Crippen LogP) is 7.36. The number of amides is 2. The average molecular weight is 620 g/mol. The normalized spacial score (nSPS) is 13.9. The van der Waals surface area contributed by atoms with Gasteiger partial charge in [-0.3, -0.25) is 0 Å². The van der Waals surface area contributed by atoms with Gasteiger partial charge in [-0.1, -0.05) is 54.1 Å². The number of aliphatic carboxylic acids is 1. The van der Waals surface area contributed by atoms with Crippen molar-refractivity contribution in [2.24, 2.45) is 5.92 Å². The van der Waals surface area contributed by atoms with Gasteiger partial charge < -0.3 is 25.0 Å². The van der Waals surface area contributed by atoms with E-state index in [4.69, 9.17) is 26.2 Å². The topological polar surface area (TPSA) is 82.1 Å². The van der Waals surface area contributed by atoms with Crippen molar-refractivity contribution < 1.29 is 32.6 Å². The van der Waals surface area contributed by atoms with E-state index in [-0.39, 0.29) is 6.03 Å². The molecule has 1 aliphatic rings. The highest BCUT2D eigenvalue weighted by Crippen LogP contribution is 2.22. The van der Waals surface area contributed by atoms with Crippen LogP contribution in [0.25, 0.3) is 0 Å². The number of methoxy groups -OCH3 is 1. The van der Waals surface area contributed by atoms with Gasteiger partial charge in [0.2, 0.25) is 0 Å². The largest absolute Gasteiger partial charge is 0.497 e. The van der Waals surface area contributed by atoms with Crippen LogP contribution in [0.15, 0.2) is 78.9 Å². The number of piperidine rings is 1. The molecule has 0 atom stereocenters. The predicted molar refractivity (Wildman–Crippen MR) is 161 cm³/mol. The SMILES string of the molecule is COc1ccc(NC(=O)N(CCCN2CCC(Cc3ccccc3)CC2)Cc2cccc(Cl)c2)cc1.O=C(O)C(F)(F)F. The van der Waals surface area contributed by atoms with Crippen LogP contribution in [0.1, 0.15) is 30.4 Å². The van der Waals surface area contributed by atoms with Gasteiger partial charge in [0.05, 0.1) is 7.11 Å². The van der Waals surface area contributed by atoms with E-state index in [0.29, 0.717) is 18.1 Å². The van der Waals surface area contributed by atoms with Gasteiger partial charge in [-0.2, -0.15) is 13.2 Å². The summed E-state index contributed by atoms with van der Waals surface area (Å²) in [6.07, 6.45) is -0.508. The van der Waals surface area contributed by atoms with Crippen molar-refractivity contribution in [3.8, 4) is 5.75 Å². The van der Waals surface area contributed by atoms with Crippen LogP contribution in [0, 0.1) is 5.92 Å². The molecule has 0 radical (unpaired) electrons. The summed E-state index contributed by atoms with van der Waals surface area (Å²) in [5.41, 5.74) is 3.21. The molecule has 11 heteroatoms. The van der Waals surface area contributed by atoms with Crippen LogP contribution in [0.5, 0.6) is 5.75 Å². The molecule has 232 valence electrons. The Kier molecular flexibility index (Phi) is 13.2. The molecule has 0 unspecified atom stereocenters. The Morgan fingerprint density at radius 1 is 1.00 bits per heavy atom. The number of rotatable bonds is 10. The molecule has 1 heterocycles. The Balaban J connectivity index is 0.000000646.